The van der Waals surface area contributed by atoms with Crippen molar-refractivity contribution in [2.24, 2.45) is 0 Å². The van der Waals surface area contributed by atoms with Gasteiger partial charge >= 0.3 is 5.97 Å². The molecule has 0 unspecified atom stereocenters. The first-order chi connectivity index (χ1) is 6.74. The molecule has 0 saturated carbocycles. The van der Waals surface area contributed by atoms with Crippen molar-refractivity contribution in [3.8, 4) is 0 Å². The molecule has 1 aliphatic heterocycles. The maximum Gasteiger partial charge on any atom is 0.313 e. The number of rotatable bonds is 4. The average Bonchev–Trinajstić information content (AvgIpc) is 2.19. The molecule has 1 atom stereocenters. The maximum absolute atomic E-state index is 11.5. The molecule has 1 rings (SSSR count). The molecule has 1 aliphatic rings. The van der Waals surface area contributed by atoms with Crippen molar-refractivity contribution in [2.75, 3.05) is 13.2 Å². The Kier molecular flexibility index (Phi) is 4.59. The number of esters is 1. The van der Waals surface area contributed by atoms with Gasteiger partial charge < -0.3 is 10.1 Å². The van der Waals surface area contributed by atoms with Gasteiger partial charge in [0, 0.05) is 0 Å². The Bertz CT molecular complexity index is 209. The van der Waals surface area contributed by atoms with E-state index in [4.69, 9.17) is 4.74 Å². The van der Waals surface area contributed by atoms with Crippen molar-refractivity contribution in [3.63, 3.8) is 0 Å². The second-order valence-electron chi connectivity index (χ2n) is 3.45. The molecule has 0 aromatic heterocycles. The number of piperidine rings is 1. The van der Waals surface area contributed by atoms with Crippen LogP contribution in [-0.4, -0.2) is 30.9 Å². The largest absolute Gasteiger partial charge is 0.466 e. The van der Waals surface area contributed by atoms with E-state index in [2.05, 4.69) is 5.32 Å². The van der Waals surface area contributed by atoms with E-state index in [0.29, 0.717) is 6.61 Å². The fraction of sp³-hybridized carbons (Fsp3) is 0.800. The summed E-state index contributed by atoms with van der Waals surface area (Å²) in [5.74, 6) is -0.451. The van der Waals surface area contributed by atoms with Crippen LogP contribution >= 0.6 is 0 Å². The standard InChI is InChI=1S/C10H17NO3/c1-2-14-10(13)7-9(12)8-5-3-4-6-11-8/h8,11H,2-7H2,1H3/t8-/m1/s1. The Hall–Kier alpha value is -0.900. The summed E-state index contributed by atoms with van der Waals surface area (Å²) in [6.07, 6.45) is 2.93. The fourth-order valence-corrected chi connectivity index (χ4v) is 1.60. The average molecular weight is 199 g/mol. The van der Waals surface area contributed by atoms with E-state index in [-0.39, 0.29) is 18.2 Å². The van der Waals surface area contributed by atoms with Crippen LogP contribution in [0.3, 0.4) is 0 Å². The summed E-state index contributed by atoms with van der Waals surface area (Å²) in [7, 11) is 0. The van der Waals surface area contributed by atoms with Crippen LogP contribution in [-0.2, 0) is 14.3 Å². The van der Waals surface area contributed by atoms with Crippen LogP contribution in [0.1, 0.15) is 32.6 Å². The van der Waals surface area contributed by atoms with Crippen LogP contribution in [0, 0.1) is 0 Å². The summed E-state index contributed by atoms with van der Waals surface area (Å²) in [4.78, 5) is 22.5. The second-order valence-corrected chi connectivity index (χ2v) is 3.45. The smallest absolute Gasteiger partial charge is 0.313 e. The third-order valence-electron chi connectivity index (χ3n) is 2.32. The Morgan fingerprint density at radius 1 is 1.43 bits per heavy atom. The highest BCUT2D eigenvalue weighted by Crippen LogP contribution is 2.09. The molecule has 0 aromatic rings. The number of Topliss-reactive ketones (excluding diaryl/α,β-unsaturated/α-hetero) is 1. The van der Waals surface area contributed by atoms with Gasteiger partial charge in [0.15, 0.2) is 5.78 Å². The molecule has 14 heavy (non-hydrogen) atoms. The number of carbonyl (C=O) groups excluding carboxylic acids is 2. The minimum atomic E-state index is -0.412. The summed E-state index contributed by atoms with van der Waals surface area (Å²) < 4.78 is 4.72. The number of ether oxygens (including phenoxy) is 1. The minimum Gasteiger partial charge on any atom is -0.466 e. The summed E-state index contributed by atoms with van der Waals surface area (Å²) in [6.45, 7) is 2.95. The van der Waals surface area contributed by atoms with E-state index in [9.17, 15) is 9.59 Å². The van der Waals surface area contributed by atoms with Gasteiger partial charge in [-0.2, -0.15) is 0 Å². The molecule has 0 bridgehead atoms. The molecular weight excluding hydrogens is 182 g/mol. The van der Waals surface area contributed by atoms with Gasteiger partial charge in [0.2, 0.25) is 0 Å². The van der Waals surface area contributed by atoms with Gasteiger partial charge in [-0.3, -0.25) is 9.59 Å². The zero-order chi connectivity index (χ0) is 10.4. The molecule has 1 heterocycles. The van der Waals surface area contributed by atoms with Gasteiger partial charge in [-0.15, -0.1) is 0 Å². The van der Waals surface area contributed by atoms with E-state index in [1.807, 2.05) is 0 Å². The molecule has 80 valence electrons. The lowest BCUT2D eigenvalue weighted by Crippen LogP contribution is -2.41. The van der Waals surface area contributed by atoms with Crippen LogP contribution in [0.25, 0.3) is 0 Å². The van der Waals surface area contributed by atoms with Crippen LogP contribution in [0.2, 0.25) is 0 Å². The number of hydrogen-bond acceptors (Lipinski definition) is 4. The third-order valence-corrected chi connectivity index (χ3v) is 2.32. The number of hydrogen-bond donors (Lipinski definition) is 1. The van der Waals surface area contributed by atoms with E-state index in [1.165, 1.54) is 0 Å². The number of carbonyl (C=O) groups is 2. The molecule has 1 fully saturated rings. The first kappa shape index (κ1) is 11.2. The molecule has 4 heteroatoms. The first-order valence-corrected chi connectivity index (χ1v) is 5.15. The highest BCUT2D eigenvalue weighted by Gasteiger charge is 2.22. The molecule has 4 nitrogen and oxygen atoms in total. The normalized spacial score (nSPS) is 21.6. The Labute approximate surface area is 84.0 Å². The van der Waals surface area contributed by atoms with E-state index in [0.717, 1.165) is 25.8 Å². The second kappa shape index (κ2) is 5.75. The van der Waals surface area contributed by atoms with Crippen LogP contribution < -0.4 is 5.32 Å². The van der Waals surface area contributed by atoms with Gasteiger partial charge in [-0.05, 0) is 26.3 Å². The van der Waals surface area contributed by atoms with E-state index >= 15 is 0 Å². The lowest BCUT2D eigenvalue weighted by Gasteiger charge is -2.21. The molecule has 0 spiro atoms. The van der Waals surface area contributed by atoms with Crippen molar-refractivity contribution < 1.29 is 14.3 Å². The molecular formula is C10H17NO3. The number of ketones is 1. The van der Waals surface area contributed by atoms with Gasteiger partial charge in [-0.25, -0.2) is 0 Å². The lowest BCUT2D eigenvalue weighted by atomic mass is 9.99. The first-order valence-electron chi connectivity index (χ1n) is 5.15. The quantitative estimate of drug-likeness (QED) is 0.533. The van der Waals surface area contributed by atoms with E-state index < -0.39 is 5.97 Å². The van der Waals surface area contributed by atoms with Crippen LogP contribution in [0.4, 0.5) is 0 Å². The predicted octanol–water partition coefficient (Wildman–Crippen LogP) is 0.651. The zero-order valence-corrected chi connectivity index (χ0v) is 8.54. The van der Waals surface area contributed by atoms with Crippen LogP contribution in [0.15, 0.2) is 0 Å². The highest BCUT2D eigenvalue weighted by molar-refractivity contribution is 5.98. The molecule has 1 saturated heterocycles. The minimum absolute atomic E-state index is 0.0387. The molecule has 1 N–H and O–H groups in total. The molecule has 0 radical (unpaired) electrons. The summed E-state index contributed by atoms with van der Waals surface area (Å²) in [5, 5.41) is 3.11. The molecule has 0 aliphatic carbocycles. The van der Waals surface area contributed by atoms with Crippen molar-refractivity contribution in [1.82, 2.24) is 5.32 Å². The SMILES string of the molecule is CCOC(=O)CC(=O)[C@H]1CCCCN1. The monoisotopic (exact) mass is 199 g/mol. The summed E-state index contributed by atoms with van der Waals surface area (Å²) in [6, 6.07) is -0.131. The van der Waals surface area contributed by atoms with Crippen molar-refractivity contribution in [1.29, 1.82) is 0 Å². The highest BCUT2D eigenvalue weighted by atomic mass is 16.5. The van der Waals surface area contributed by atoms with Crippen molar-refractivity contribution in [2.45, 2.75) is 38.6 Å². The summed E-state index contributed by atoms with van der Waals surface area (Å²) >= 11 is 0. The number of nitrogens with one attached hydrogen (secondary N) is 1. The fourth-order valence-electron chi connectivity index (χ4n) is 1.60. The van der Waals surface area contributed by atoms with Gasteiger partial charge in [0.1, 0.15) is 6.42 Å². The molecule has 0 amide bonds. The van der Waals surface area contributed by atoms with Crippen molar-refractivity contribution >= 4 is 11.8 Å². The zero-order valence-electron chi connectivity index (χ0n) is 8.54. The third kappa shape index (κ3) is 3.46. The van der Waals surface area contributed by atoms with E-state index in [1.54, 1.807) is 6.92 Å². The molecule has 0 aromatic carbocycles. The van der Waals surface area contributed by atoms with Gasteiger partial charge in [0.25, 0.3) is 0 Å². The maximum atomic E-state index is 11.5. The van der Waals surface area contributed by atoms with Gasteiger partial charge in [-0.1, -0.05) is 6.42 Å². The predicted molar refractivity (Wildman–Crippen MR) is 51.9 cm³/mol. The Balaban J connectivity index is 2.29. The van der Waals surface area contributed by atoms with Crippen LogP contribution in [0.5, 0.6) is 0 Å². The van der Waals surface area contributed by atoms with Gasteiger partial charge in [0.05, 0.1) is 12.6 Å². The Morgan fingerprint density at radius 2 is 2.21 bits per heavy atom. The van der Waals surface area contributed by atoms with Crippen molar-refractivity contribution in [3.05, 3.63) is 0 Å². The lowest BCUT2D eigenvalue weighted by molar-refractivity contribution is -0.146. The summed E-state index contributed by atoms with van der Waals surface area (Å²) in [5.41, 5.74) is 0. The topological polar surface area (TPSA) is 55.4 Å². The Morgan fingerprint density at radius 3 is 2.79 bits per heavy atom.